The van der Waals surface area contributed by atoms with E-state index in [4.69, 9.17) is 4.74 Å². The maximum absolute atomic E-state index is 5.82. The number of aryl methyl sites for hydroxylation is 1. The third kappa shape index (κ3) is 3.50. The average Bonchev–Trinajstić information content (AvgIpc) is 2.55. The highest BCUT2D eigenvalue weighted by molar-refractivity contribution is 5.67. The van der Waals surface area contributed by atoms with Gasteiger partial charge in [-0.25, -0.2) is 0 Å². The molecule has 0 amide bonds. The van der Waals surface area contributed by atoms with Crippen molar-refractivity contribution in [3.63, 3.8) is 0 Å². The Hall–Kier alpha value is -2.13. The SMILES string of the molecule is Cc1cccnc1COc1ccc(C2=CCNCC2)cc1. The summed E-state index contributed by atoms with van der Waals surface area (Å²) in [5, 5.41) is 3.33. The van der Waals surface area contributed by atoms with Gasteiger partial charge in [-0.05, 0) is 54.8 Å². The monoisotopic (exact) mass is 280 g/mol. The fourth-order valence-electron chi connectivity index (χ4n) is 2.47. The van der Waals surface area contributed by atoms with Crippen LogP contribution < -0.4 is 10.1 Å². The molecule has 0 saturated carbocycles. The highest BCUT2D eigenvalue weighted by Gasteiger charge is 2.06. The van der Waals surface area contributed by atoms with Crippen molar-refractivity contribution in [1.82, 2.24) is 10.3 Å². The molecule has 1 aromatic carbocycles. The van der Waals surface area contributed by atoms with Crippen molar-refractivity contribution in [2.45, 2.75) is 20.0 Å². The molecule has 2 aromatic rings. The van der Waals surface area contributed by atoms with Crippen molar-refractivity contribution >= 4 is 5.57 Å². The average molecular weight is 280 g/mol. The normalized spacial score (nSPS) is 14.6. The van der Waals surface area contributed by atoms with Crippen LogP contribution in [0.3, 0.4) is 0 Å². The first-order valence-corrected chi connectivity index (χ1v) is 7.36. The molecule has 1 aliphatic rings. The predicted molar refractivity (Wildman–Crippen MR) is 85.2 cm³/mol. The van der Waals surface area contributed by atoms with Crippen LogP contribution in [0.15, 0.2) is 48.7 Å². The molecule has 0 bridgehead atoms. The number of ether oxygens (including phenoxy) is 1. The second-order valence-electron chi connectivity index (χ2n) is 5.26. The van der Waals surface area contributed by atoms with Crippen LogP contribution in [-0.2, 0) is 6.61 Å². The van der Waals surface area contributed by atoms with Crippen LogP contribution in [0.2, 0.25) is 0 Å². The maximum Gasteiger partial charge on any atom is 0.130 e. The zero-order valence-corrected chi connectivity index (χ0v) is 12.3. The Balaban J connectivity index is 1.65. The Morgan fingerprint density at radius 1 is 1.19 bits per heavy atom. The number of hydrogen-bond donors (Lipinski definition) is 1. The zero-order valence-electron chi connectivity index (χ0n) is 12.3. The van der Waals surface area contributed by atoms with Crippen molar-refractivity contribution in [1.29, 1.82) is 0 Å². The van der Waals surface area contributed by atoms with Gasteiger partial charge in [-0.2, -0.15) is 0 Å². The molecule has 3 nitrogen and oxygen atoms in total. The van der Waals surface area contributed by atoms with E-state index < -0.39 is 0 Å². The van der Waals surface area contributed by atoms with Crippen LogP contribution in [0, 0.1) is 6.92 Å². The lowest BCUT2D eigenvalue weighted by Gasteiger charge is -2.14. The first-order chi connectivity index (χ1) is 10.3. The van der Waals surface area contributed by atoms with Crippen molar-refractivity contribution < 1.29 is 4.74 Å². The summed E-state index contributed by atoms with van der Waals surface area (Å²) < 4.78 is 5.82. The molecule has 0 fully saturated rings. The number of hydrogen-bond acceptors (Lipinski definition) is 3. The largest absolute Gasteiger partial charge is 0.487 e. The predicted octanol–water partition coefficient (Wildman–Crippen LogP) is 3.35. The molecule has 0 saturated heterocycles. The van der Waals surface area contributed by atoms with E-state index in [0.717, 1.165) is 36.5 Å². The van der Waals surface area contributed by atoms with Gasteiger partial charge in [-0.3, -0.25) is 4.98 Å². The molecule has 1 N–H and O–H groups in total. The van der Waals surface area contributed by atoms with Gasteiger partial charge in [0, 0.05) is 12.7 Å². The van der Waals surface area contributed by atoms with Gasteiger partial charge in [0.2, 0.25) is 0 Å². The van der Waals surface area contributed by atoms with Gasteiger partial charge in [-0.15, -0.1) is 0 Å². The van der Waals surface area contributed by atoms with E-state index in [1.807, 2.05) is 18.2 Å². The molecule has 0 aliphatic carbocycles. The highest BCUT2D eigenvalue weighted by atomic mass is 16.5. The van der Waals surface area contributed by atoms with Gasteiger partial charge in [0.25, 0.3) is 0 Å². The summed E-state index contributed by atoms with van der Waals surface area (Å²) in [5.41, 5.74) is 4.86. The van der Waals surface area contributed by atoms with Crippen LogP contribution >= 0.6 is 0 Å². The van der Waals surface area contributed by atoms with Gasteiger partial charge in [0.15, 0.2) is 0 Å². The minimum Gasteiger partial charge on any atom is -0.487 e. The van der Waals surface area contributed by atoms with E-state index in [9.17, 15) is 0 Å². The summed E-state index contributed by atoms with van der Waals surface area (Å²) >= 11 is 0. The molecule has 108 valence electrons. The Morgan fingerprint density at radius 3 is 2.76 bits per heavy atom. The van der Waals surface area contributed by atoms with Crippen molar-refractivity contribution in [3.05, 3.63) is 65.5 Å². The minimum absolute atomic E-state index is 0.513. The first kappa shape index (κ1) is 13.8. The standard InChI is InChI=1S/C18H20N2O/c1-14-3-2-10-20-18(14)13-21-17-6-4-15(5-7-17)16-8-11-19-12-9-16/h2-8,10,19H,9,11-13H2,1H3. The summed E-state index contributed by atoms with van der Waals surface area (Å²) in [6.45, 7) is 4.59. The molecule has 0 spiro atoms. The highest BCUT2D eigenvalue weighted by Crippen LogP contribution is 2.22. The quantitative estimate of drug-likeness (QED) is 0.932. The van der Waals surface area contributed by atoms with Gasteiger partial charge in [-0.1, -0.05) is 24.3 Å². The summed E-state index contributed by atoms with van der Waals surface area (Å²) in [6, 6.07) is 12.3. The van der Waals surface area contributed by atoms with Crippen LogP contribution in [-0.4, -0.2) is 18.1 Å². The van der Waals surface area contributed by atoms with Crippen LogP contribution in [0.1, 0.15) is 23.2 Å². The molecular weight excluding hydrogens is 260 g/mol. The Morgan fingerprint density at radius 2 is 2.05 bits per heavy atom. The van der Waals surface area contributed by atoms with Crippen molar-refractivity contribution in [3.8, 4) is 5.75 Å². The summed E-state index contributed by atoms with van der Waals surface area (Å²) in [6.07, 6.45) is 5.16. The lowest BCUT2D eigenvalue weighted by Crippen LogP contribution is -2.19. The number of nitrogens with zero attached hydrogens (tertiary/aromatic N) is 1. The van der Waals surface area contributed by atoms with E-state index in [-0.39, 0.29) is 0 Å². The molecule has 1 aliphatic heterocycles. The molecule has 1 aromatic heterocycles. The number of pyridine rings is 1. The van der Waals surface area contributed by atoms with Gasteiger partial charge in [0.05, 0.1) is 5.69 Å². The minimum atomic E-state index is 0.513. The second kappa shape index (κ2) is 6.55. The Kier molecular flexibility index (Phi) is 4.31. The second-order valence-corrected chi connectivity index (χ2v) is 5.26. The molecule has 3 heteroatoms. The molecule has 0 atom stereocenters. The number of rotatable bonds is 4. The van der Waals surface area contributed by atoms with E-state index in [1.165, 1.54) is 11.1 Å². The fraction of sp³-hybridized carbons (Fsp3) is 0.278. The molecule has 0 unspecified atom stereocenters. The molecule has 21 heavy (non-hydrogen) atoms. The summed E-state index contributed by atoms with van der Waals surface area (Å²) in [5.74, 6) is 0.887. The van der Waals surface area contributed by atoms with Crippen LogP contribution in [0.5, 0.6) is 5.75 Å². The molecule has 3 rings (SSSR count). The lowest BCUT2D eigenvalue weighted by atomic mass is 10.0. The van der Waals surface area contributed by atoms with Crippen LogP contribution in [0.4, 0.5) is 0 Å². The smallest absolute Gasteiger partial charge is 0.130 e. The summed E-state index contributed by atoms with van der Waals surface area (Å²) in [4.78, 5) is 4.34. The number of benzene rings is 1. The number of aromatic nitrogens is 1. The van der Waals surface area contributed by atoms with E-state index in [2.05, 4.69) is 41.5 Å². The van der Waals surface area contributed by atoms with Crippen molar-refractivity contribution in [2.75, 3.05) is 13.1 Å². The topological polar surface area (TPSA) is 34.1 Å². The van der Waals surface area contributed by atoms with E-state index in [0.29, 0.717) is 6.61 Å². The zero-order chi connectivity index (χ0) is 14.5. The summed E-state index contributed by atoms with van der Waals surface area (Å²) in [7, 11) is 0. The Bertz CT molecular complexity index is 632. The molecule has 2 heterocycles. The Labute approximate surface area is 125 Å². The van der Waals surface area contributed by atoms with Gasteiger partial charge in [0.1, 0.15) is 12.4 Å². The van der Waals surface area contributed by atoms with E-state index >= 15 is 0 Å². The van der Waals surface area contributed by atoms with Crippen molar-refractivity contribution in [2.24, 2.45) is 0 Å². The van der Waals surface area contributed by atoms with Crippen LogP contribution in [0.25, 0.3) is 5.57 Å². The third-order valence-corrected chi connectivity index (χ3v) is 3.78. The molecular formula is C18H20N2O. The molecule has 0 radical (unpaired) electrons. The fourth-order valence-corrected chi connectivity index (χ4v) is 2.47. The van der Waals surface area contributed by atoms with Gasteiger partial charge >= 0.3 is 0 Å². The maximum atomic E-state index is 5.82. The third-order valence-electron chi connectivity index (χ3n) is 3.78. The number of nitrogens with one attached hydrogen (secondary N) is 1. The van der Waals surface area contributed by atoms with Gasteiger partial charge < -0.3 is 10.1 Å². The van der Waals surface area contributed by atoms with E-state index in [1.54, 1.807) is 6.20 Å². The first-order valence-electron chi connectivity index (χ1n) is 7.36. The lowest BCUT2D eigenvalue weighted by molar-refractivity contribution is 0.300.